The zero-order valence-corrected chi connectivity index (χ0v) is 13.5. The molecule has 1 unspecified atom stereocenters. The van der Waals surface area contributed by atoms with Crippen LogP contribution in [0.2, 0.25) is 0 Å². The van der Waals surface area contributed by atoms with E-state index in [1.807, 2.05) is 31.2 Å². The summed E-state index contributed by atoms with van der Waals surface area (Å²) in [4.78, 5) is 8.68. The van der Waals surface area contributed by atoms with Gasteiger partial charge in [-0.25, -0.2) is 9.97 Å². The Labute approximate surface area is 137 Å². The minimum absolute atomic E-state index is 0.400. The highest BCUT2D eigenvalue weighted by Crippen LogP contribution is 2.24. The van der Waals surface area contributed by atoms with Crippen molar-refractivity contribution in [3.8, 4) is 5.75 Å². The van der Waals surface area contributed by atoms with Crippen LogP contribution in [0.1, 0.15) is 30.5 Å². The summed E-state index contributed by atoms with van der Waals surface area (Å²) in [5.74, 6) is 2.23. The van der Waals surface area contributed by atoms with Crippen LogP contribution < -0.4 is 10.1 Å². The molecule has 0 radical (unpaired) electrons. The number of benzene rings is 1. The lowest BCUT2D eigenvalue weighted by Crippen LogP contribution is -2.09. The zero-order chi connectivity index (χ0) is 15.9. The molecule has 23 heavy (non-hydrogen) atoms. The largest absolute Gasteiger partial charge is 0.494 e. The predicted molar refractivity (Wildman–Crippen MR) is 90.0 cm³/mol. The van der Waals surface area contributed by atoms with E-state index >= 15 is 0 Å². The summed E-state index contributed by atoms with van der Waals surface area (Å²) in [6, 6.07) is 10.2. The van der Waals surface area contributed by atoms with Gasteiger partial charge in [0.25, 0.3) is 0 Å². The second kappa shape index (κ2) is 7.92. The third-order valence-corrected chi connectivity index (χ3v) is 4.01. The lowest BCUT2D eigenvalue weighted by atomic mass is 10.1. The average molecular weight is 313 g/mol. The monoisotopic (exact) mass is 313 g/mol. The molecule has 1 aliphatic heterocycles. The van der Waals surface area contributed by atoms with E-state index in [0.29, 0.717) is 12.5 Å². The number of para-hydroxylation sites is 1. The summed E-state index contributed by atoms with van der Waals surface area (Å²) in [5, 5.41) is 3.38. The maximum Gasteiger partial charge on any atom is 0.129 e. The van der Waals surface area contributed by atoms with Gasteiger partial charge >= 0.3 is 0 Å². The molecule has 1 fully saturated rings. The number of hydrogen-bond donors (Lipinski definition) is 1. The van der Waals surface area contributed by atoms with Gasteiger partial charge in [-0.3, -0.25) is 0 Å². The molecular weight excluding hydrogens is 290 g/mol. The molecule has 0 saturated carbocycles. The molecule has 0 aliphatic carbocycles. The van der Waals surface area contributed by atoms with Gasteiger partial charge in [-0.2, -0.15) is 0 Å². The zero-order valence-electron chi connectivity index (χ0n) is 13.5. The molecule has 0 amide bonds. The molecule has 0 bridgehead atoms. The van der Waals surface area contributed by atoms with Crippen LogP contribution in [0.15, 0.2) is 36.7 Å². The van der Waals surface area contributed by atoms with Crippen molar-refractivity contribution in [2.45, 2.75) is 25.7 Å². The van der Waals surface area contributed by atoms with Crippen LogP contribution in [-0.2, 0) is 11.2 Å². The summed E-state index contributed by atoms with van der Waals surface area (Å²) < 4.78 is 11.1. The second-order valence-electron chi connectivity index (χ2n) is 5.61. The van der Waals surface area contributed by atoms with Crippen molar-refractivity contribution < 1.29 is 9.47 Å². The van der Waals surface area contributed by atoms with E-state index < -0.39 is 0 Å². The van der Waals surface area contributed by atoms with Crippen molar-refractivity contribution in [3.63, 3.8) is 0 Å². The highest BCUT2D eigenvalue weighted by molar-refractivity contribution is 5.38. The minimum atomic E-state index is 0.400. The number of nitrogens with zero attached hydrogens (tertiary/aromatic N) is 2. The van der Waals surface area contributed by atoms with Crippen molar-refractivity contribution in [2.24, 2.45) is 0 Å². The molecule has 5 nitrogen and oxygen atoms in total. The molecule has 1 atom stereocenters. The summed E-state index contributed by atoms with van der Waals surface area (Å²) in [5.41, 5.74) is 2.27. The highest BCUT2D eigenvalue weighted by Gasteiger charge is 2.19. The molecule has 1 saturated heterocycles. The van der Waals surface area contributed by atoms with Crippen molar-refractivity contribution in [1.82, 2.24) is 9.97 Å². The van der Waals surface area contributed by atoms with Crippen LogP contribution in [0.25, 0.3) is 0 Å². The molecule has 122 valence electrons. The first-order chi connectivity index (χ1) is 11.4. The first-order valence-electron chi connectivity index (χ1n) is 8.21. The van der Waals surface area contributed by atoms with Crippen LogP contribution in [-0.4, -0.2) is 36.3 Å². The van der Waals surface area contributed by atoms with E-state index in [-0.39, 0.29) is 0 Å². The van der Waals surface area contributed by atoms with Crippen molar-refractivity contribution >= 4 is 5.82 Å². The molecule has 5 heteroatoms. The van der Waals surface area contributed by atoms with Gasteiger partial charge in [-0.15, -0.1) is 0 Å². The molecule has 3 rings (SSSR count). The van der Waals surface area contributed by atoms with Gasteiger partial charge < -0.3 is 14.8 Å². The van der Waals surface area contributed by atoms with E-state index in [0.717, 1.165) is 49.9 Å². The van der Waals surface area contributed by atoms with Gasteiger partial charge in [-0.05, 0) is 31.4 Å². The standard InChI is InChI=1S/C18H23N3O2/c1-2-23-17-6-4-3-5-14(17)7-9-19-18-11-16(20-13-21-18)15-8-10-22-12-15/h3-6,11,13,15H,2,7-10,12H2,1H3,(H,19,20,21). The Bertz CT molecular complexity index is 627. The third-order valence-electron chi connectivity index (χ3n) is 4.01. The smallest absolute Gasteiger partial charge is 0.129 e. The van der Waals surface area contributed by atoms with Crippen molar-refractivity contribution in [2.75, 3.05) is 31.7 Å². The van der Waals surface area contributed by atoms with E-state index in [2.05, 4.69) is 21.4 Å². The lowest BCUT2D eigenvalue weighted by Gasteiger charge is -2.12. The second-order valence-corrected chi connectivity index (χ2v) is 5.61. The summed E-state index contributed by atoms with van der Waals surface area (Å²) in [6.45, 7) is 5.08. The summed E-state index contributed by atoms with van der Waals surface area (Å²) in [6.07, 6.45) is 3.56. The number of anilines is 1. The van der Waals surface area contributed by atoms with Crippen LogP contribution in [0.3, 0.4) is 0 Å². The van der Waals surface area contributed by atoms with Crippen molar-refractivity contribution in [1.29, 1.82) is 0 Å². The van der Waals surface area contributed by atoms with Gasteiger partial charge in [0.05, 0.1) is 18.9 Å². The van der Waals surface area contributed by atoms with Gasteiger partial charge in [0.1, 0.15) is 17.9 Å². The minimum Gasteiger partial charge on any atom is -0.494 e. The summed E-state index contributed by atoms with van der Waals surface area (Å²) >= 11 is 0. The van der Waals surface area contributed by atoms with E-state index in [1.165, 1.54) is 5.56 Å². The molecule has 2 aromatic rings. The molecular formula is C18H23N3O2. The molecule has 1 aliphatic rings. The topological polar surface area (TPSA) is 56.3 Å². The normalized spacial score (nSPS) is 17.2. The number of rotatable bonds is 7. The highest BCUT2D eigenvalue weighted by atomic mass is 16.5. The fourth-order valence-electron chi connectivity index (χ4n) is 2.79. The Morgan fingerprint density at radius 1 is 1.30 bits per heavy atom. The fraction of sp³-hybridized carbons (Fsp3) is 0.444. The fourth-order valence-corrected chi connectivity index (χ4v) is 2.79. The Kier molecular flexibility index (Phi) is 5.42. The lowest BCUT2D eigenvalue weighted by molar-refractivity contribution is 0.193. The average Bonchev–Trinajstić information content (AvgIpc) is 3.12. The molecule has 2 heterocycles. The Morgan fingerprint density at radius 2 is 2.22 bits per heavy atom. The van der Waals surface area contributed by atoms with Gasteiger partial charge in [0.2, 0.25) is 0 Å². The SMILES string of the molecule is CCOc1ccccc1CCNc1cc(C2CCOC2)ncn1. The number of aromatic nitrogens is 2. The maximum absolute atomic E-state index is 5.66. The maximum atomic E-state index is 5.66. The quantitative estimate of drug-likeness (QED) is 0.851. The van der Waals surface area contributed by atoms with E-state index in [9.17, 15) is 0 Å². The predicted octanol–water partition coefficient (Wildman–Crippen LogP) is 3.03. The van der Waals surface area contributed by atoms with Gasteiger partial charge in [0.15, 0.2) is 0 Å². The van der Waals surface area contributed by atoms with Crippen LogP contribution >= 0.6 is 0 Å². The van der Waals surface area contributed by atoms with Crippen molar-refractivity contribution in [3.05, 3.63) is 47.9 Å². The van der Waals surface area contributed by atoms with Crippen LogP contribution in [0.5, 0.6) is 5.75 Å². The first kappa shape index (κ1) is 15.7. The number of ether oxygens (including phenoxy) is 2. The number of hydrogen-bond acceptors (Lipinski definition) is 5. The molecule has 1 N–H and O–H groups in total. The Hall–Kier alpha value is -2.14. The van der Waals surface area contributed by atoms with Crippen LogP contribution in [0.4, 0.5) is 5.82 Å². The van der Waals surface area contributed by atoms with Gasteiger partial charge in [0, 0.05) is 25.1 Å². The molecule has 0 spiro atoms. The first-order valence-corrected chi connectivity index (χ1v) is 8.21. The Balaban J connectivity index is 1.57. The van der Waals surface area contributed by atoms with Gasteiger partial charge in [-0.1, -0.05) is 18.2 Å². The van der Waals surface area contributed by atoms with E-state index in [1.54, 1.807) is 6.33 Å². The molecule has 1 aromatic heterocycles. The van der Waals surface area contributed by atoms with Crippen LogP contribution in [0, 0.1) is 0 Å². The number of nitrogens with one attached hydrogen (secondary N) is 1. The third kappa shape index (κ3) is 4.20. The Morgan fingerprint density at radius 3 is 3.04 bits per heavy atom. The van der Waals surface area contributed by atoms with E-state index in [4.69, 9.17) is 9.47 Å². The molecule has 1 aromatic carbocycles. The summed E-state index contributed by atoms with van der Waals surface area (Å²) in [7, 11) is 0.